The van der Waals surface area contributed by atoms with Crippen molar-refractivity contribution in [1.82, 2.24) is 9.88 Å². The average Bonchev–Trinajstić information content (AvgIpc) is 2.48. The van der Waals surface area contributed by atoms with Gasteiger partial charge in [-0.05, 0) is 46.9 Å². The van der Waals surface area contributed by atoms with E-state index in [1.54, 1.807) is 50.6 Å². The number of carbonyl (C=O) groups excluding carboxylic acids is 2. The first-order chi connectivity index (χ1) is 10.0. The fourth-order valence-electron chi connectivity index (χ4n) is 1.73. The monoisotopic (exact) mass is 395 g/mol. The summed E-state index contributed by atoms with van der Waals surface area (Å²) in [5.74, 6) is -0.0850. The minimum absolute atomic E-state index is 0.306. The SMILES string of the molecule is CN(C)C(=O)N(C(=O)c1ccccc1I)c1ccccn1. The fourth-order valence-corrected chi connectivity index (χ4v) is 2.35. The molecule has 0 radical (unpaired) electrons. The van der Waals surface area contributed by atoms with Crippen LogP contribution >= 0.6 is 22.6 Å². The van der Waals surface area contributed by atoms with Crippen molar-refractivity contribution in [2.24, 2.45) is 0 Å². The third kappa shape index (κ3) is 3.38. The van der Waals surface area contributed by atoms with Crippen molar-refractivity contribution in [3.63, 3.8) is 0 Å². The Morgan fingerprint density at radius 1 is 1.05 bits per heavy atom. The van der Waals surface area contributed by atoms with Crippen molar-refractivity contribution in [2.45, 2.75) is 0 Å². The maximum absolute atomic E-state index is 12.7. The van der Waals surface area contributed by atoms with Gasteiger partial charge in [-0.2, -0.15) is 0 Å². The van der Waals surface area contributed by atoms with Gasteiger partial charge in [0, 0.05) is 23.9 Å². The number of imide groups is 1. The van der Waals surface area contributed by atoms with E-state index in [4.69, 9.17) is 0 Å². The van der Waals surface area contributed by atoms with Gasteiger partial charge in [0.25, 0.3) is 5.91 Å². The molecular weight excluding hydrogens is 381 g/mol. The van der Waals surface area contributed by atoms with Crippen molar-refractivity contribution in [2.75, 3.05) is 19.0 Å². The van der Waals surface area contributed by atoms with Gasteiger partial charge in [-0.1, -0.05) is 18.2 Å². The van der Waals surface area contributed by atoms with E-state index in [0.717, 1.165) is 8.47 Å². The summed E-state index contributed by atoms with van der Waals surface area (Å²) in [5.41, 5.74) is 0.471. The van der Waals surface area contributed by atoms with Crippen LogP contribution in [0.15, 0.2) is 48.7 Å². The highest BCUT2D eigenvalue weighted by atomic mass is 127. The Morgan fingerprint density at radius 2 is 1.71 bits per heavy atom. The predicted molar refractivity (Wildman–Crippen MR) is 89.3 cm³/mol. The number of aromatic nitrogens is 1. The van der Waals surface area contributed by atoms with E-state index in [-0.39, 0.29) is 0 Å². The van der Waals surface area contributed by atoms with E-state index in [0.29, 0.717) is 11.4 Å². The van der Waals surface area contributed by atoms with Gasteiger partial charge < -0.3 is 4.90 Å². The summed E-state index contributed by atoms with van der Waals surface area (Å²) < 4.78 is 0.785. The van der Waals surface area contributed by atoms with E-state index < -0.39 is 11.9 Å². The van der Waals surface area contributed by atoms with Crippen LogP contribution in [-0.4, -0.2) is 35.9 Å². The van der Waals surface area contributed by atoms with Crippen molar-refractivity contribution in [3.05, 3.63) is 57.8 Å². The van der Waals surface area contributed by atoms with Crippen LogP contribution in [0.4, 0.5) is 10.6 Å². The number of halogens is 1. The normalized spacial score (nSPS) is 10.0. The third-order valence-corrected chi connectivity index (χ3v) is 3.70. The minimum Gasteiger partial charge on any atom is -0.330 e. The fraction of sp³-hybridized carbons (Fsp3) is 0.133. The lowest BCUT2D eigenvalue weighted by Crippen LogP contribution is -2.44. The molecule has 2 aromatic rings. The molecular formula is C15H14IN3O2. The Balaban J connectivity index is 2.48. The van der Waals surface area contributed by atoms with Gasteiger partial charge in [0.2, 0.25) is 0 Å². The molecule has 0 aliphatic rings. The summed E-state index contributed by atoms with van der Waals surface area (Å²) in [6, 6.07) is 11.8. The van der Waals surface area contributed by atoms with Gasteiger partial charge in [0.1, 0.15) is 5.82 Å². The summed E-state index contributed by atoms with van der Waals surface area (Å²) in [4.78, 5) is 31.6. The lowest BCUT2D eigenvalue weighted by atomic mass is 10.2. The molecule has 0 bridgehead atoms. The van der Waals surface area contributed by atoms with Crippen LogP contribution < -0.4 is 4.90 Å². The first-order valence-corrected chi connectivity index (χ1v) is 7.31. The highest BCUT2D eigenvalue weighted by molar-refractivity contribution is 14.1. The van der Waals surface area contributed by atoms with Gasteiger partial charge in [-0.25, -0.2) is 14.7 Å². The number of hydrogen-bond acceptors (Lipinski definition) is 3. The number of hydrogen-bond donors (Lipinski definition) is 0. The van der Waals surface area contributed by atoms with E-state index in [1.165, 1.54) is 4.90 Å². The van der Waals surface area contributed by atoms with Crippen LogP contribution in [-0.2, 0) is 0 Å². The molecule has 21 heavy (non-hydrogen) atoms. The van der Waals surface area contributed by atoms with E-state index >= 15 is 0 Å². The van der Waals surface area contributed by atoms with Crippen LogP contribution in [0.1, 0.15) is 10.4 Å². The summed E-state index contributed by atoms with van der Waals surface area (Å²) in [6.45, 7) is 0. The van der Waals surface area contributed by atoms with Crippen molar-refractivity contribution < 1.29 is 9.59 Å². The molecule has 0 aliphatic heterocycles. The van der Waals surface area contributed by atoms with Crippen molar-refractivity contribution in [3.8, 4) is 0 Å². The quantitative estimate of drug-likeness (QED) is 0.735. The van der Waals surface area contributed by atoms with Gasteiger partial charge in [0.05, 0.1) is 5.56 Å². The molecule has 0 fully saturated rings. The number of amides is 3. The number of anilines is 1. The van der Waals surface area contributed by atoms with Gasteiger partial charge in [-0.3, -0.25) is 4.79 Å². The highest BCUT2D eigenvalue weighted by Crippen LogP contribution is 2.19. The van der Waals surface area contributed by atoms with E-state index in [9.17, 15) is 9.59 Å². The number of benzene rings is 1. The summed E-state index contributed by atoms with van der Waals surface area (Å²) in [7, 11) is 3.20. The molecule has 2 rings (SSSR count). The molecule has 108 valence electrons. The Morgan fingerprint density at radius 3 is 2.29 bits per heavy atom. The minimum atomic E-state index is -0.432. The molecule has 1 heterocycles. The predicted octanol–water partition coefficient (Wildman–Crippen LogP) is 3.01. The largest absolute Gasteiger partial charge is 0.332 e. The number of nitrogens with zero attached hydrogens (tertiary/aromatic N) is 3. The maximum atomic E-state index is 12.7. The molecule has 1 aromatic carbocycles. The zero-order valence-corrected chi connectivity index (χ0v) is 13.8. The molecule has 0 atom stereocenters. The third-order valence-electron chi connectivity index (χ3n) is 2.76. The Hall–Kier alpha value is -1.96. The van der Waals surface area contributed by atoms with Crippen LogP contribution in [0.25, 0.3) is 0 Å². The van der Waals surface area contributed by atoms with Crippen molar-refractivity contribution >= 4 is 40.3 Å². The topological polar surface area (TPSA) is 53.5 Å². The van der Waals surface area contributed by atoms with E-state index in [2.05, 4.69) is 27.6 Å². The second-order valence-electron chi connectivity index (χ2n) is 4.49. The standard InChI is InChI=1S/C15H14IN3O2/c1-18(2)15(21)19(13-9-5-6-10-17-13)14(20)11-7-3-4-8-12(11)16/h3-10H,1-2H3. The lowest BCUT2D eigenvalue weighted by Gasteiger charge is -2.23. The van der Waals surface area contributed by atoms with Crippen LogP contribution in [0.3, 0.4) is 0 Å². The molecule has 0 aliphatic carbocycles. The average molecular weight is 395 g/mol. The van der Waals surface area contributed by atoms with Gasteiger partial charge in [0.15, 0.2) is 0 Å². The van der Waals surface area contributed by atoms with Crippen LogP contribution in [0.2, 0.25) is 0 Å². The first kappa shape index (κ1) is 15.4. The number of carbonyl (C=O) groups is 2. The molecule has 0 unspecified atom stereocenters. The lowest BCUT2D eigenvalue weighted by molar-refractivity contribution is 0.0987. The Labute approximate surface area is 136 Å². The zero-order valence-electron chi connectivity index (χ0n) is 11.7. The molecule has 0 saturated carbocycles. The van der Waals surface area contributed by atoms with Gasteiger partial charge >= 0.3 is 6.03 Å². The number of rotatable bonds is 2. The molecule has 0 N–H and O–H groups in total. The van der Waals surface area contributed by atoms with Crippen LogP contribution in [0.5, 0.6) is 0 Å². The Bertz CT molecular complexity index is 659. The molecule has 1 aromatic heterocycles. The van der Waals surface area contributed by atoms with Crippen LogP contribution in [0, 0.1) is 3.57 Å². The maximum Gasteiger partial charge on any atom is 0.332 e. The Kier molecular flexibility index (Phi) is 4.89. The molecule has 0 spiro atoms. The molecule has 0 saturated heterocycles. The van der Waals surface area contributed by atoms with Gasteiger partial charge in [-0.15, -0.1) is 0 Å². The number of urea groups is 1. The van der Waals surface area contributed by atoms with E-state index in [1.807, 2.05) is 12.1 Å². The summed E-state index contributed by atoms with van der Waals surface area (Å²) in [6.07, 6.45) is 1.55. The molecule has 3 amide bonds. The second-order valence-corrected chi connectivity index (χ2v) is 5.65. The summed E-state index contributed by atoms with van der Waals surface area (Å²) >= 11 is 2.08. The highest BCUT2D eigenvalue weighted by Gasteiger charge is 2.28. The zero-order chi connectivity index (χ0) is 15.4. The number of pyridine rings is 1. The second kappa shape index (κ2) is 6.66. The summed E-state index contributed by atoms with van der Waals surface area (Å²) in [5, 5.41) is 0. The first-order valence-electron chi connectivity index (χ1n) is 6.23. The molecule has 5 nitrogen and oxygen atoms in total. The smallest absolute Gasteiger partial charge is 0.330 e. The van der Waals surface area contributed by atoms with Crippen molar-refractivity contribution in [1.29, 1.82) is 0 Å². The molecule has 6 heteroatoms.